The Labute approximate surface area is 151 Å². The SMILES string of the molecule is NC1CCC(N)(c2ccc(N3CCC(C(F)(F)F)CC3)c(Cl)c2)CC1. The number of piperidine rings is 1. The monoisotopic (exact) mass is 375 g/mol. The number of halogens is 4. The topological polar surface area (TPSA) is 55.3 Å². The second kappa shape index (κ2) is 6.97. The van der Waals surface area contributed by atoms with E-state index in [0.717, 1.165) is 36.9 Å². The lowest BCUT2D eigenvalue weighted by atomic mass is 9.76. The van der Waals surface area contributed by atoms with Gasteiger partial charge in [-0.1, -0.05) is 17.7 Å². The third kappa shape index (κ3) is 4.07. The Hall–Kier alpha value is -0.980. The molecule has 0 spiro atoms. The molecule has 1 aromatic rings. The van der Waals surface area contributed by atoms with Crippen molar-refractivity contribution >= 4 is 17.3 Å². The lowest BCUT2D eigenvalue weighted by Crippen LogP contribution is -2.43. The zero-order valence-electron chi connectivity index (χ0n) is 14.2. The van der Waals surface area contributed by atoms with Gasteiger partial charge in [-0.05, 0) is 56.2 Å². The summed E-state index contributed by atoms with van der Waals surface area (Å²) in [6, 6.07) is 5.95. The third-order valence-corrected chi connectivity index (χ3v) is 6.05. The minimum absolute atomic E-state index is 0.111. The summed E-state index contributed by atoms with van der Waals surface area (Å²) in [6.07, 6.45) is -0.461. The molecule has 0 radical (unpaired) electrons. The number of hydrogen-bond acceptors (Lipinski definition) is 3. The van der Waals surface area contributed by atoms with Crippen LogP contribution in [0, 0.1) is 5.92 Å². The first-order valence-electron chi connectivity index (χ1n) is 8.85. The maximum atomic E-state index is 12.8. The second-order valence-corrected chi connectivity index (χ2v) is 7.87. The molecule has 0 atom stereocenters. The zero-order valence-corrected chi connectivity index (χ0v) is 14.9. The van der Waals surface area contributed by atoms with E-state index in [-0.39, 0.29) is 18.9 Å². The number of alkyl halides is 3. The van der Waals surface area contributed by atoms with Crippen LogP contribution in [-0.2, 0) is 5.54 Å². The highest BCUT2D eigenvalue weighted by Crippen LogP contribution is 2.40. The van der Waals surface area contributed by atoms with Crippen molar-refractivity contribution in [2.75, 3.05) is 18.0 Å². The smallest absolute Gasteiger partial charge is 0.370 e. The van der Waals surface area contributed by atoms with Gasteiger partial charge in [-0.15, -0.1) is 0 Å². The molecule has 25 heavy (non-hydrogen) atoms. The Morgan fingerprint density at radius 2 is 1.68 bits per heavy atom. The van der Waals surface area contributed by atoms with Crippen LogP contribution in [0.25, 0.3) is 0 Å². The summed E-state index contributed by atoms with van der Waals surface area (Å²) >= 11 is 6.45. The van der Waals surface area contributed by atoms with Gasteiger partial charge in [0, 0.05) is 24.7 Å². The maximum Gasteiger partial charge on any atom is 0.391 e. The van der Waals surface area contributed by atoms with Gasteiger partial charge >= 0.3 is 6.18 Å². The molecule has 1 heterocycles. The summed E-state index contributed by atoms with van der Waals surface area (Å²) in [7, 11) is 0. The summed E-state index contributed by atoms with van der Waals surface area (Å²) in [4.78, 5) is 1.94. The van der Waals surface area contributed by atoms with E-state index in [9.17, 15) is 13.2 Å². The van der Waals surface area contributed by atoms with Gasteiger partial charge < -0.3 is 16.4 Å². The van der Waals surface area contributed by atoms with Crippen LogP contribution >= 0.6 is 11.6 Å². The van der Waals surface area contributed by atoms with Crippen molar-refractivity contribution < 1.29 is 13.2 Å². The molecule has 3 rings (SSSR count). The van der Waals surface area contributed by atoms with Gasteiger partial charge in [0.15, 0.2) is 0 Å². The van der Waals surface area contributed by atoms with Crippen LogP contribution in [0.2, 0.25) is 5.02 Å². The first-order valence-corrected chi connectivity index (χ1v) is 9.23. The molecule has 0 amide bonds. The first kappa shape index (κ1) is 18.8. The first-order chi connectivity index (χ1) is 11.7. The van der Waals surface area contributed by atoms with E-state index in [1.165, 1.54) is 0 Å². The fourth-order valence-electron chi connectivity index (χ4n) is 3.96. The van der Waals surface area contributed by atoms with Crippen LogP contribution in [0.5, 0.6) is 0 Å². The van der Waals surface area contributed by atoms with E-state index in [1.807, 2.05) is 23.1 Å². The van der Waals surface area contributed by atoms with Crippen LogP contribution in [0.15, 0.2) is 18.2 Å². The molecule has 1 saturated carbocycles. The quantitative estimate of drug-likeness (QED) is 0.815. The van der Waals surface area contributed by atoms with Gasteiger partial charge in [-0.3, -0.25) is 0 Å². The van der Waals surface area contributed by atoms with Crippen molar-refractivity contribution in [3.63, 3.8) is 0 Å². The van der Waals surface area contributed by atoms with Crippen molar-refractivity contribution in [3.05, 3.63) is 28.8 Å². The Bertz CT molecular complexity index is 604. The Balaban J connectivity index is 1.71. The van der Waals surface area contributed by atoms with Gasteiger partial charge in [0.2, 0.25) is 0 Å². The fourth-order valence-corrected chi connectivity index (χ4v) is 4.26. The van der Waals surface area contributed by atoms with Crippen LogP contribution in [0.3, 0.4) is 0 Å². The predicted molar refractivity (Wildman–Crippen MR) is 94.8 cm³/mol. The number of nitrogens with zero attached hydrogens (tertiary/aromatic N) is 1. The zero-order chi connectivity index (χ0) is 18.2. The molecule has 2 fully saturated rings. The van der Waals surface area contributed by atoms with Gasteiger partial charge in [-0.2, -0.15) is 13.2 Å². The Morgan fingerprint density at radius 3 is 2.20 bits per heavy atom. The standard InChI is InChI=1S/C18H25ClF3N3/c19-15-11-13(17(24)7-3-14(23)4-8-17)1-2-16(15)25-9-5-12(6-10-25)18(20,21)22/h1-2,11-12,14H,3-10,23-24H2. The molecular formula is C18H25ClF3N3. The summed E-state index contributed by atoms with van der Waals surface area (Å²) in [5, 5.41) is 0.558. The van der Waals surface area contributed by atoms with Gasteiger partial charge in [0.1, 0.15) is 0 Å². The normalized spacial score (nSPS) is 29.0. The fraction of sp³-hybridized carbons (Fsp3) is 0.667. The predicted octanol–water partition coefficient (Wildman–Crippen LogP) is 4.17. The van der Waals surface area contributed by atoms with E-state index in [2.05, 4.69) is 0 Å². The molecule has 2 aliphatic rings. The minimum atomic E-state index is -4.10. The number of rotatable bonds is 2. The molecule has 140 valence electrons. The van der Waals surface area contributed by atoms with Gasteiger partial charge in [0.05, 0.1) is 16.6 Å². The van der Waals surface area contributed by atoms with Crippen molar-refractivity contribution in [2.24, 2.45) is 17.4 Å². The average Bonchev–Trinajstić information content (AvgIpc) is 2.57. The average molecular weight is 376 g/mol. The van der Waals surface area contributed by atoms with E-state index in [0.29, 0.717) is 18.1 Å². The molecule has 1 aliphatic heterocycles. The van der Waals surface area contributed by atoms with Crippen molar-refractivity contribution in [2.45, 2.75) is 56.3 Å². The summed E-state index contributed by atoms with van der Waals surface area (Å²) < 4.78 is 38.4. The van der Waals surface area contributed by atoms with Gasteiger partial charge in [-0.25, -0.2) is 0 Å². The van der Waals surface area contributed by atoms with Crippen LogP contribution in [0.4, 0.5) is 18.9 Å². The highest BCUT2D eigenvalue weighted by molar-refractivity contribution is 6.33. The molecule has 1 aliphatic carbocycles. The summed E-state index contributed by atoms with van der Waals surface area (Å²) in [6.45, 7) is 0.734. The van der Waals surface area contributed by atoms with E-state index in [1.54, 1.807) is 0 Å². The van der Waals surface area contributed by atoms with Gasteiger partial charge in [0.25, 0.3) is 0 Å². The van der Waals surface area contributed by atoms with Crippen LogP contribution < -0.4 is 16.4 Å². The largest absolute Gasteiger partial charge is 0.391 e. The Morgan fingerprint density at radius 1 is 1.08 bits per heavy atom. The van der Waals surface area contributed by atoms with Crippen molar-refractivity contribution in [3.8, 4) is 0 Å². The number of nitrogens with two attached hydrogens (primary N) is 2. The molecule has 1 aromatic carbocycles. The minimum Gasteiger partial charge on any atom is -0.370 e. The molecular weight excluding hydrogens is 351 g/mol. The molecule has 0 unspecified atom stereocenters. The molecule has 7 heteroatoms. The Kier molecular flexibility index (Phi) is 5.24. The lowest BCUT2D eigenvalue weighted by molar-refractivity contribution is -0.179. The van der Waals surface area contributed by atoms with E-state index < -0.39 is 17.6 Å². The third-order valence-electron chi connectivity index (χ3n) is 5.74. The molecule has 4 N–H and O–H groups in total. The number of anilines is 1. The molecule has 3 nitrogen and oxygen atoms in total. The van der Waals surface area contributed by atoms with Crippen molar-refractivity contribution in [1.82, 2.24) is 0 Å². The molecule has 0 aromatic heterocycles. The summed E-state index contributed by atoms with van der Waals surface area (Å²) in [5.41, 5.74) is 13.9. The van der Waals surface area contributed by atoms with E-state index >= 15 is 0 Å². The molecule has 0 bridgehead atoms. The number of hydrogen-bond donors (Lipinski definition) is 2. The molecule has 1 saturated heterocycles. The van der Waals surface area contributed by atoms with Crippen molar-refractivity contribution in [1.29, 1.82) is 0 Å². The summed E-state index contributed by atoms with van der Waals surface area (Å²) in [5.74, 6) is -1.21. The van der Waals surface area contributed by atoms with Crippen LogP contribution in [-0.4, -0.2) is 25.3 Å². The highest BCUT2D eigenvalue weighted by Gasteiger charge is 2.41. The number of benzene rings is 1. The van der Waals surface area contributed by atoms with Crippen LogP contribution in [0.1, 0.15) is 44.1 Å². The highest BCUT2D eigenvalue weighted by atomic mass is 35.5. The van der Waals surface area contributed by atoms with E-state index in [4.69, 9.17) is 23.1 Å². The second-order valence-electron chi connectivity index (χ2n) is 7.46. The maximum absolute atomic E-state index is 12.8. The lowest BCUT2D eigenvalue weighted by Gasteiger charge is -2.38.